The third-order valence-electron chi connectivity index (χ3n) is 0.732. The van der Waals surface area contributed by atoms with Crippen LogP contribution in [0.4, 0.5) is 0 Å². The summed E-state index contributed by atoms with van der Waals surface area (Å²) < 4.78 is 33.3. The van der Waals surface area contributed by atoms with Crippen molar-refractivity contribution in [2.45, 2.75) is 20.1 Å². The van der Waals surface area contributed by atoms with Gasteiger partial charge in [-0.15, -0.1) is 3.74 Å². The average molecular weight is 205 g/mol. The topological polar surface area (TPSA) is 61.8 Å². The lowest BCUT2D eigenvalue weighted by molar-refractivity contribution is -0.0617. The summed E-state index contributed by atoms with van der Waals surface area (Å²) in [6.45, 7) is 3.46. The monoisotopic (exact) mass is 204 g/mol. The zero-order valence-electron chi connectivity index (χ0n) is 6.11. The van der Waals surface area contributed by atoms with Crippen LogP contribution in [0, 0.1) is 0 Å². The van der Waals surface area contributed by atoms with Gasteiger partial charge in [0.1, 0.15) is 0 Å². The predicted molar refractivity (Wildman–Crippen MR) is 38.0 cm³/mol. The van der Waals surface area contributed by atoms with Crippen molar-refractivity contribution in [2.24, 2.45) is 0 Å². The fourth-order valence-electron chi connectivity index (χ4n) is 0.443. The van der Waals surface area contributed by atoms with E-state index in [1.165, 1.54) is 6.92 Å². The summed E-state index contributed by atoms with van der Waals surface area (Å²) in [6.07, 6.45) is -0.885. The van der Waals surface area contributed by atoms with Gasteiger partial charge >= 0.3 is 10.4 Å². The zero-order valence-corrected chi connectivity index (χ0v) is 7.68. The van der Waals surface area contributed by atoms with Gasteiger partial charge in [-0.2, -0.15) is 8.42 Å². The van der Waals surface area contributed by atoms with Crippen molar-refractivity contribution in [1.29, 1.82) is 0 Å². The van der Waals surface area contributed by atoms with Gasteiger partial charge in [0, 0.05) is 6.61 Å². The van der Waals surface area contributed by atoms with Crippen LogP contribution in [0.5, 0.6) is 0 Å². The molecule has 0 aromatic carbocycles. The highest BCUT2D eigenvalue weighted by molar-refractivity contribution is 7.82. The van der Waals surface area contributed by atoms with Gasteiger partial charge in [-0.3, -0.25) is 0 Å². The molecular formula is C4H9ClO5S. The summed E-state index contributed by atoms with van der Waals surface area (Å²) in [4.78, 5) is 0. The Bertz CT molecular complexity index is 189. The van der Waals surface area contributed by atoms with Gasteiger partial charge in [-0.05, 0) is 13.8 Å². The molecule has 0 aromatic rings. The minimum atomic E-state index is -4.10. The Labute approximate surface area is 70.7 Å². The Morgan fingerprint density at radius 1 is 1.55 bits per heavy atom. The van der Waals surface area contributed by atoms with E-state index < -0.39 is 16.7 Å². The molecule has 0 heterocycles. The van der Waals surface area contributed by atoms with Gasteiger partial charge < -0.3 is 4.74 Å². The number of ether oxygens (including phenoxy) is 1. The highest BCUT2D eigenvalue weighted by Gasteiger charge is 2.15. The SMILES string of the molecule is CCOC(C)OS(=O)(=O)OCl. The predicted octanol–water partition coefficient (Wildman–Crippen LogP) is 0.801. The van der Waals surface area contributed by atoms with Gasteiger partial charge in [-0.25, -0.2) is 4.18 Å². The lowest BCUT2D eigenvalue weighted by Crippen LogP contribution is -2.18. The second-order valence-corrected chi connectivity index (χ2v) is 3.10. The average Bonchev–Trinajstić information content (AvgIpc) is 1.87. The Balaban J connectivity index is 3.84. The van der Waals surface area contributed by atoms with E-state index in [0.29, 0.717) is 6.61 Å². The van der Waals surface area contributed by atoms with E-state index in [-0.39, 0.29) is 0 Å². The third kappa shape index (κ3) is 5.40. The lowest BCUT2D eigenvalue weighted by Gasteiger charge is -2.09. The van der Waals surface area contributed by atoms with Gasteiger partial charge in [0.2, 0.25) is 0 Å². The first kappa shape index (κ1) is 11.1. The van der Waals surface area contributed by atoms with Crippen molar-refractivity contribution in [3.05, 3.63) is 0 Å². The van der Waals surface area contributed by atoms with E-state index in [0.717, 1.165) is 0 Å². The normalized spacial score (nSPS) is 14.8. The molecule has 0 aliphatic heterocycles. The Kier molecular flexibility index (Phi) is 4.94. The molecule has 0 aromatic heterocycles. The molecule has 0 aliphatic rings. The standard InChI is InChI=1S/C4H9ClO5S/c1-3-8-4(2)9-11(6,7)10-5/h4H,3H2,1-2H3. The van der Waals surface area contributed by atoms with Crippen LogP contribution in [0.1, 0.15) is 13.8 Å². The second kappa shape index (κ2) is 4.89. The maximum atomic E-state index is 10.4. The maximum absolute atomic E-state index is 10.4. The first-order valence-corrected chi connectivity index (χ1v) is 4.51. The largest absolute Gasteiger partial charge is 0.418 e. The number of hydrogen-bond acceptors (Lipinski definition) is 5. The number of hydrogen-bond donors (Lipinski definition) is 0. The molecule has 0 N–H and O–H groups in total. The van der Waals surface area contributed by atoms with Gasteiger partial charge in [0.25, 0.3) is 0 Å². The van der Waals surface area contributed by atoms with E-state index >= 15 is 0 Å². The third-order valence-corrected chi connectivity index (χ3v) is 1.86. The van der Waals surface area contributed by atoms with E-state index in [1.54, 1.807) is 6.92 Å². The second-order valence-electron chi connectivity index (χ2n) is 1.59. The molecule has 0 amide bonds. The summed E-state index contributed by atoms with van der Waals surface area (Å²) >= 11 is 4.57. The molecule has 0 spiro atoms. The summed E-state index contributed by atoms with van der Waals surface area (Å²) in [7, 11) is -4.10. The minimum absolute atomic E-state index is 0.346. The Morgan fingerprint density at radius 3 is 2.45 bits per heavy atom. The van der Waals surface area contributed by atoms with Gasteiger partial charge in [-0.1, -0.05) is 0 Å². The number of rotatable bonds is 5. The molecule has 0 bridgehead atoms. The quantitative estimate of drug-likeness (QED) is 0.620. The van der Waals surface area contributed by atoms with Crippen LogP contribution < -0.4 is 0 Å². The number of halogens is 1. The first-order chi connectivity index (χ1) is 5.02. The van der Waals surface area contributed by atoms with E-state index in [1.807, 2.05) is 0 Å². The van der Waals surface area contributed by atoms with E-state index in [4.69, 9.17) is 4.74 Å². The van der Waals surface area contributed by atoms with Gasteiger partial charge in [0.05, 0.1) is 11.9 Å². The minimum Gasteiger partial charge on any atom is -0.352 e. The molecule has 0 fully saturated rings. The van der Waals surface area contributed by atoms with Crippen molar-refractivity contribution in [1.82, 2.24) is 0 Å². The van der Waals surface area contributed by atoms with Crippen molar-refractivity contribution in [3.63, 3.8) is 0 Å². The van der Waals surface area contributed by atoms with Crippen LogP contribution in [-0.4, -0.2) is 21.3 Å². The highest BCUT2D eigenvalue weighted by atomic mass is 35.5. The summed E-state index contributed by atoms with van der Waals surface area (Å²) in [5.74, 6) is 0. The molecule has 1 unspecified atom stereocenters. The molecule has 11 heavy (non-hydrogen) atoms. The summed E-state index contributed by atoms with van der Waals surface area (Å²) in [5.41, 5.74) is 0. The first-order valence-electron chi connectivity index (χ1n) is 2.87. The Hall–Kier alpha value is 0.120. The van der Waals surface area contributed by atoms with Crippen molar-refractivity contribution < 1.29 is 21.1 Å². The molecule has 0 radical (unpaired) electrons. The highest BCUT2D eigenvalue weighted by Crippen LogP contribution is 2.04. The molecular weight excluding hydrogens is 196 g/mol. The van der Waals surface area contributed by atoms with E-state index in [9.17, 15) is 8.42 Å². The van der Waals surface area contributed by atoms with Crippen LogP contribution in [-0.2, 0) is 23.1 Å². The molecule has 7 heteroatoms. The van der Waals surface area contributed by atoms with Crippen LogP contribution in [0.15, 0.2) is 0 Å². The van der Waals surface area contributed by atoms with Crippen LogP contribution in [0.25, 0.3) is 0 Å². The molecule has 0 aliphatic carbocycles. The fraction of sp³-hybridized carbons (Fsp3) is 1.00. The lowest BCUT2D eigenvalue weighted by atomic mass is 10.7. The fourth-order valence-corrected chi connectivity index (χ4v) is 0.950. The molecule has 5 nitrogen and oxygen atoms in total. The Morgan fingerprint density at radius 2 is 2.09 bits per heavy atom. The smallest absolute Gasteiger partial charge is 0.352 e. The van der Waals surface area contributed by atoms with Crippen molar-refractivity contribution >= 4 is 22.3 Å². The van der Waals surface area contributed by atoms with Crippen LogP contribution in [0.2, 0.25) is 0 Å². The van der Waals surface area contributed by atoms with Crippen molar-refractivity contribution in [2.75, 3.05) is 6.61 Å². The van der Waals surface area contributed by atoms with Crippen LogP contribution >= 0.6 is 11.9 Å². The molecule has 0 saturated carbocycles. The molecule has 0 rings (SSSR count). The van der Waals surface area contributed by atoms with Crippen LogP contribution in [0.3, 0.4) is 0 Å². The molecule has 1 atom stereocenters. The summed E-state index contributed by atoms with van der Waals surface area (Å²) in [6, 6.07) is 0. The summed E-state index contributed by atoms with van der Waals surface area (Å²) in [5, 5.41) is 0. The zero-order chi connectivity index (χ0) is 8.91. The van der Waals surface area contributed by atoms with Crippen molar-refractivity contribution in [3.8, 4) is 0 Å². The molecule has 68 valence electrons. The van der Waals surface area contributed by atoms with E-state index in [2.05, 4.69) is 19.8 Å². The molecule has 0 saturated heterocycles. The maximum Gasteiger partial charge on any atom is 0.418 e. The van der Waals surface area contributed by atoms with Gasteiger partial charge in [0.15, 0.2) is 6.29 Å².